The lowest BCUT2D eigenvalue weighted by molar-refractivity contribution is 0.101. The molecule has 0 atom stereocenters. The summed E-state index contributed by atoms with van der Waals surface area (Å²) < 4.78 is 26.0. The summed E-state index contributed by atoms with van der Waals surface area (Å²) in [6, 6.07) is 12.0. The smallest absolute Gasteiger partial charge is 0.280 e. The Bertz CT molecular complexity index is 1260. The zero-order valence-corrected chi connectivity index (χ0v) is 17.9. The molecule has 8 nitrogen and oxygen atoms in total. The molecule has 164 valence electrons. The number of hydrogen-bond acceptors (Lipinski definition) is 6. The van der Waals surface area contributed by atoms with Crippen molar-refractivity contribution >= 4 is 11.9 Å². The molecule has 2 heterocycles. The molecule has 0 saturated heterocycles. The van der Waals surface area contributed by atoms with Crippen molar-refractivity contribution < 1.29 is 18.4 Å². The second-order valence-electron chi connectivity index (χ2n) is 7.40. The molecule has 9 heteroatoms. The Morgan fingerprint density at radius 2 is 2.00 bits per heavy atom. The molecule has 2 aromatic carbocycles. The molecule has 0 saturated carbocycles. The van der Waals surface area contributed by atoms with Crippen molar-refractivity contribution in [2.45, 2.75) is 33.9 Å². The fraction of sp³-hybridized carbons (Fsp3) is 0.217. The lowest BCUT2D eigenvalue weighted by Gasteiger charge is -2.10. The molecule has 0 spiro atoms. The zero-order chi connectivity index (χ0) is 22.7. The van der Waals surface area contributed by atoms with E-state index in [0.29, 0.717) is 17.9 Å². The number of rotatable bonds is 7. The molecule has 4 rings (SSSR count). The standard InChI is InChI=1S/C23H22FN5O3/c1-14-6-4-9-20(15(14)2)31-12-19-16(3)32-28-21(19)22(30)26-23-25-13-29(27-23)11-17-7-5-8-18(24)10-17/h4-10,13H,11-12H2,1-3H3,(H,26,27,30). The van der Waals surface area contributed by atoms with E-state index in [9.17, 15) is 9.18 Å². The van der Waals surface area contributed by atoms with E-state index in [1.54, 1.807) is 19.1 Å². The highest BCUT2D eigenvalue weighted by atomic mass is 19.1. The summed E-state index contributed by atoms with van der Waals surface area (Å²) in [4.78, 5) is 16.9. The fourth-order valence-corrected chi connectivity index (χ4v) is 3.18. The minimum Gasteiger partial charge on any atom is -0.488 e. The first kappa shape index (κ1) is 21.2. The molecule has 1 amide bonds. The van der Waals surface area contributed by atoms with Crippen LogP contribution in [0.1, 0.15) is 38.5 Å². The summed E-state index contributed by atoms with van der Waals surface area (Å²) in [5.74, 6) is 0.492. The molecule has 32 heavy (non-hydrogen) atoms. The van der Waals surface area contributed by atoms with E-state index in [1.165, 1.54) is 23.1 Å². The number of amides is 1. The number of carbonyl (C=O) groups is 1. The molecular formula is C23H22FN5O3. The zero-order valence-electron chi connectivity index (χ0n) is 17.9. The van der Waals surface area contributed by atoms with Crippen molar-refractivity contribution in [1.82, 2.24) is 19.9 Å². The van der Waals surface area contributed by atoms with Gasteiger partial charge in [0.2, 0.25) is 5.95 Å². The van der Waals surface area contributed by atoms with Crippen molar-refractivity contribution in [2.75, 3.05) is 5.32 Å². The Morgan fingerprint density at radius 1 is 1.19 bits per heavy atom. The van der Waals surface area contributed by atoms with Gasteiger partial charge in [0, 0.05) is 0 Å². The number of aryl methyl sites for hydroxylation is 2. The number of carbonyl (C=O) groups excluding carboxylic acids is 1. The number of halogens is 1. The van der Waals surface area contributed by atoms with Crippen molar-refractivity contribution in [2.24, 2.45) is 0 Å². The number of nitrogens with one attached hydrogen (secondary N) is 1. The summed E-state index contributed by atoms with van der Waals surface area (Å²) in [6.07, 6.45) is 1.46. The first-order valence-corrected chi connectivity index (χ1v) is 10.00. The second kappa shape index (κ2) is 9.01. The van der Waals surface area contributed by atoms with Crippen molar-refractivity contribution in [3.63, 3.8) is 0 Å². The third-order valence-corrected chi connectivity index (χ3v) is 5.12. The molecule has 0 aliphatic rings. The summed E-state index contributed by atoms with van der Waals surface area (Å²) >= 11 is 0. The second-order valence-corrected chi connectivity index (χ2v) is 7.40. The summed E-state index contributed by atoms with van der Waals surface area (Å²) in [5.41, 5.74) is 3.52. The van der Waals surface area contributed by atoms with E-state index in [1.807, 2.05) is 32.0 Å². The van der Waals surface area contributed by atoms with Gasteiger partial charge in [0.25, 0.3) is 5.91 Å². The molecule has 0 aliphatic heterocycles. The minimum absolute atomic E-state index is 0.105. The Hall–Kier alpha value is -4.01. The van der Waals surface area contributed by atoms with Crippen LogP contribution < -0.4 is 10.1 Å². The lowest BCUT2D eigenvalue weighted by Crippen LogP contribution is -2.16. The van der Waals surface area contributed by atoms with E-state index < -0.39 is 5.91 Å². The predicted octanol–water partition coefficient (Wildman–Crippen LogP) is 4.21. The van der Waals surface area contributed by atoms with Gasteiger partial charge < -0.3 is 9.26 Å². The van der Waals surface area contributed by atoms with Crippen LogP contribution in [0.25, 0.3) is 0 Å². The van der Waals surface area contributed by atoms with Gasteiger partial charge in [-0.25, -0.2) is 14.1 Å². The van der Waals surface area contributed by atoms with Crippen LogP contribution in [0, 0.1) is 26.6 Å². The van der Waals surface area contributed by atoms with Gasteiger partial charge in [0.1, 0.15) is 30.3 Å². The highest BCUT2D eigenvalue weighted by Gasteiger charge is 2.22. The van der Waals surface area contributed by atoms with Gasteiger partial charge in [-0.15, -0.1) is 5.10 Å². The largest absolute Gasteiger partial charge is 0.488 e. The maximum absolute atomic E-state index is 13.4. The number of benzene rings is 2. The average Bonchev–Trinajstić information content (AvgIpc) is 3.35. The SMILES string of the molecule is Cc1cccc(OCc2c(C(=O)Nc3ncn(Cc4cccc(F)c4)n3)noc2C)c1C. The maximum atomic E-state index is 13.4. The number of nitrogens with zero attached hydrogens (tertiary/aromatic N) is 4. The van der Waals surface area contributed by atoms with Crippen LogP contribution in [-0.2, 0) is 13.2 Å². The van der Waals surface area contributed by atoms with Crippen LogP contribution in [0.4, 0.5) is 10.3 Å². The normalized spacial score (nSPS) is 10.9. The van der Waals surface area contributed by atoms with Crippen LogP contribution in [0.3, 0.4) is 0 Å². The molecule has 4 aromatic rings. The maximum Gasteiger partial charge on any atom is 0.280 e. The van der Waals surface area contributed by atoms with E-state index in [-0.39, 0.29) is 24.1 Å². The van der Waals surface area contributed by atoms with Gasteiger partial charge >= 0.3 is 0 Å². The lowest BCUT2D eigenvalue weighted by atomic mass is 10.1. The minimum atomic E-state index is -0.509. The van der Waals surface area contributed by atoms with Gasteiger partial charge in [-0.3, -0.25) is 10.1 Å². The highest BCUT2D eigenvalue weighted by Crippen LogP contribution is 2.23. The van der Waals surface area contributed by atoms with Crippen LogP contribution in [-0.4, -0.2) is 25.8 Å². The van der Waals surface area contributed by atoms with Gasteiger partial charge in [-0.1, -0.05) is 29.4 Å². The summed E-state index contributed by atoms with van der Waals surface area (Å²) in [7, 11) is 0. The van der Waals surface area contributed by atoms with Crippen LogP contribution in [0.5, 0.6) is 5.75 Å². The van der Waals surface area contributed by atoms with Gasteiger partial charge in [-0.2, -0.15) is 0 Å². The Kier molecular flexibility index (Phi) is 5.98. The number of aromatic nitrogens is 4. The molecule has 0 fully saturated rings. The van der Waals surface area contributed by atoms with Gasteiger partial charge in [0.15, 0.2) is 5.69 Å². The average molecular weight is 435 g/mol. The van der Waals surface area contributed by atoms with Crippen molar-refractivity contribution in [3.8, 4) is 5.75 Å². The van der Waals surface area contributed by atoms with Gasteiger partial charge in [-0.05, 0) is 55.7 Å². The van der Waals surface area contributed by atoms with Crippen LogP contribution in [0.15, 0.2) is 53.3 Å². The first-order chi connectivity index (χ1) is 15.4. The molecule has 0 radical (unpaired) electrons. The van der Waals surface area contributed by atoms with Gasteiger partial charge in [0.05, 0.1) is 12.1 Å². The van der Waals surface area contributed by atoms with Crippen LogP contribution in [0.2, 0.25) is 0 Å². The van der Waals surface area contributed by atoms with Crippen molar-refractivity contribution in [3.05, 3.63) is 88.3 Å². The topological polar surface area (TPSA) is 95.1 Å². The van der Waals surface area contributed by atoms with E-state index in [2.05, 4.69) is 20.6 Å². The quantitative estimate of drug-likeness (QED) is 0.467. The first-order valence-electron chi connectivity index (χ1n) is 10.00. The third kappa shape index (κ3) is 4.66. The van der Waals surface area contributed by atoms with E-state index in [4.69, 9.17) is 9.26 Å². The summed E-state index contributed by atoms with van der Waals surface area (Å²) in [5, 5.41) is 10.7. The molecule has 0 bridgehead atoms. The molecule has 1 N–H and O–H groups in total. The van der Waals surface area contributed by atoms with E-state index >= 15 is 0 Å². The highest BCUT2D eigenvalue weighted by molar-refractivity contribution is 6.02. The van der Waals surface area contributed by atoms with Crippen molar-refractivity contribution in [1.29, 1.82) is 0 Å². The predicted molar refractivity (Wildman–Crippen MR) is 115 cm³/mol. The molecular weight excluding hydrogens is 413 g/mol. The number of hydrogen-bond donors (Lipinski definition) is 1. The van der Waals surface area contributed by atoms with E-state index in [0.717, 1.165) is 22.4 Å². The monoisotopic (exact) mass is 435 g/mol. The fourth-order valence-electron chi connectivity index (χ4n) is 3.18. The third-order valence-electron chi connectivity index (χ3n) is 5.12. The number of anilines is 1. The molecule has 0 unspecified atom stereocenters. The summed E-state index contributed by atoms with van der Waals surface area (Å²) in [6.45, 7) is 6.15. The Labute approximate surface area is 184 Å². The number of ether oxygens (including phenoxy) is 1. The Balaban J connectivity index is 1.44. The Morgan fingerprint density at radius 3 is 2.81 bits per heavy atom. The molecule has 0 aliphatic carbocycles. The van der Waals surface area contributed by atoms with Crippen LogP contribution >= 0.6 is 0 Å². The molecule has 2 aromatic heterocycles.